The van der Waals surface area contributed by atoms with Gasteiger partial charge in [0, 0.05) is 24.8 Å². The Morgan fingerprint density at radius 3 is 2.50 bits per heavy atom. The summed E-state index contributed by atoms with van der Waals surface area (Å²) in [4.78, 5) is 0. The van der Waals surface area contributed by atoms with Crippen molar-refractivity contribution >= 4 is 0 Å². The molecule has 0 amide bonds. The van der Waals surface area contributed by atoms with Gasteiger partial charge in [0.1, 0.15) is 6.61 Å². The van der Waals surface area contributed by atoms with Crippen molar-refractivity contribution in [3.8, 4) is 11.5 Å². The zero-order valence-corrected chi connectivity index (χ0v) is 13.1. The van der Waals surface area contributed by atoms with Crippen LogP contribution in [0.4, 0.5) is 0 Å². The van der Waals surface area contributed by atoms with E-state index in [4.69, 9.17) is 14.2 Å². The molecular weight excluding hydrogens is 254 g/mol. The molecule has 4 heteroatoms. The van der Waals surface area contributed by atoms with Gasteiger partial charge in [-0.1, -0.05) is 26.0 Å². The van der Waals surface area contributed by atoms with Crippen LogP contribution in [0.5, 0.6) is 11.5 Å². The molecule has 0 saturated carbocycles. The van der Waals surface area contributed by atoms with Crippen molar-refractivity contribution < 1.29 is 14.2 Å². The van der Waals surface area contributed by atoms with E-state index in [0.29, 0.717) is 32.5 Å². The topological polar surface area (TPSA) is 39.7 Å². The molecule has 1 aromatic rings. The third kappa shape index (κ3) is 5.80. The molecule has 0 aliphatic rings. The van der Waals surface area contributed by atoms with E-state index in [1.54, 1.807) is 0 Å². The van der Waals surface area contributed by atoms with Gasteiger partial charge in [0.2, 0.25) is 0 Å². The van der Waals surface area contributed by atoms with Crippen LogP contribution in [0.25, 0.3) is 0 Å². The molecule has 1 rings (SSSR count). The maximum absolute atomic E-state index is 5.87. The van der Waals surface area contributed by atoms with Gasteiger partial charge in [-0.05, 0) is 19.9 Å². The van der Waals surface area contributed by atoms with Crippen LogP contribution in [-0.4, -0.2) is 32.5 Å². The molecule has 0 fully saturated rings. The Kier molecular flexibility index (Phi) is 8.07. The minimum atomic E-state index is 0.432. The average Bonchev–Trinajstić information content (AvgIpc) is 2.43. The molecule has 4 nitrogen and oxygen atoms in total. The molecule has 0 radical (unpaired) electrons. The molecule has 0 bridgehead atoms. The van der Waals surface area contributed by atoms with E-state index in [2.05, 4.69) is 25.2 Å². The first-order valence-corrected chi connectivity index (χ1v) is 7.37. The fourth-order valence-corrected chi connectivity index (χ4v) is 1.79. The van der Waals surface area contributed by atoms with Gasteiger partial charge < -0.3 is 19.5 Å². The van der Waals surface area contributed by atoms with Gasteiger partial charge >= 0.3 is 0 Å². The lowest BCUT2D eigenvalue weighted by Gasteiger charge is -2.17. The van der Waals surface area contributed by atoms with Crippen LogP contribution < -0.4 is 14.8 Å². The van der Waals surface area contributed by atoms with Crippen molar-refractivity contribution in [3.05, 3.63) is 23.8 Å². The lowest BCUT2D eigenvalue weighted by molar-refractivity contribution is 0.108. The van der Waals surface area contributed by atoms with Crippen LogP contribution in [0.3, 0.4) is 0 Å². The lowest BCUT2D eigenvalue weighted by atomic mass is 10.1. The zero-order chi connectivity index (χ0) is 14.8. The standard InChI is InChI=1S/C16H27NO3/c1-5-18-10-11-20-16-14(12-17-13(3)4)8-7-9-15(16)19-6-2/h7-9,13,17H,5-6,10-12H2,1-4H3. The number of para-hydroxylation sites is 1. The molecule has 0 aliphatic heterocycles. The Bertz CT molecular complexity index is 380. The normalized spacial score (nSPS) is 10.8. The summed E-state index contributed by atoms with van der Waals surface area (Å²) in [7, 11) is 0. The Morgan fingerprint density at radius 2 is 1.85 bits per heavy atom. The van der Waals surface area contributed by atoms with Gasteiger partial charge in [-0.15, -0.1) is 0 Å². The van der Waals surface area contributed by atoms with E-state index < -0.39 is 0 Å². The van der Waals surface area contributed by atoms with Crippen LogP contribution in [0, 0.1) is 0 Å². The van der Waals surface area contributed by atoms with Gasteiger partial charge in [0.25, 0.3) is 0 Å². The van der Waals surface area contributed by atoms with E-state index in [1.165, 1.54) is 0 Å². The number of hydrogen-bond donors (Lipinski definition) is 1. The van der Waals surface area contributed by atoms with Crippen molar-refractivity contribution in [3.63, 3.8) is 0 Å². The fourth-order valence-electron chi connectivity index (χ4n) is 1.79. The minimum absolute atomic E-state index is 0.432. The summed E-state index contributed by atoms with van der Waals surface area (Å²) in [5.74, 6) is 1.62. The highest BCUT2D eigenvalue weighted by atomic mass is 16.5. The van der Waals surface area contributed by atoms with Crippen molar-refractivity contribution in [1.82, 2.24) is 5.32 Å². The molecule has 114 valence electrons. The Balaban J connectivity index is 2.76. The predicted octanol–water partition coefficient (Wildman–Crippen LogP) is 3.00. The van der Waals surface area contributed by atoms with E-state index in [-0.39, 0.29) is 0 Å². The van der Waals surface area contributed by atoms with Crippen LogP contribution in [0.15, 0.2) is 18.2 Å². The fraction of sp³-hybridized carbons (Fsp3) is 0.625. The second-order valence-corrected chi connectivity index (χ2v) is 4.76. The molecule has 0 saturated heterocycles. The minimum Gasteiger partial charge on any atom is -0.490 e. The van der Waals surface area contributed by atoms with Crippen LogP contribution in [0.1, 0.15) is 33.3 Å². The van der Waals surface area contributed by atoms with Crippen molar-refractivity contribution in [2.45, 2.75) is 40.3 Å². The Morgan fingerprint density at radius 1 is 1.05 bits per heavy atom. The maximum atomic E-state index is 5.87. The van der Waals surface area contributed by atoms with Crippen LogP contribution in [-0.2, 0) is 11.3 Å². The molecule has 1 aromatic carbocycles. The highest BCUT2D eigenvalue weighted by Crippen LogP contribution is 2.31. The summed E-state index contributed by atoms with van der Waals surface area (Å²) < 4.78 is 16.8. The smallest absolute Gasteiger partial charge is 0.165 e. The highest BCUT2D eigenvalue weighted by Gasteiger charge is 2.11. The first-order chi connectivity index (χ1) is 9.69. The van der Waals surface area contributed by atoms with Crippen molar-refractivity contribution in [2.24, 2.45) is 0 Å². The molecule has 0 aliphatic carbocycles. The van der Waals surface area contributed by atoms with Gasteiger partial charge in [-0.25, -0.2) is 0 Å². The number of rotatable bonds is 10. The summed E-state index contributed by atoms with van der Waals surface area (Å²) in [5.41, 5.74) is 1.11. The summed E-state index contributed by atoms with van der Waals surface area (Å²) in [5, 5.41) is 3.41. The predicted molar refractivity (Wildman–Crippen MR) is 81.6 cm³/mol. The molecule has 0 heterocycles. The number of hydrogen-bond acceptors (Lipinski definition) is 4. The second-order valence-electron chi connectivity index (χ2n) is 4.76. The number of benzene rings is 1. The van der Waals surface area contributed by atoms with Gasteiger partial charge in [0.15, 0.2) is 11.5 Å². The molecule has 0 atom stereocenters. The summed E-state index contributed by atoms with van der Waals surface area (Å²) in [6.45, 7) is 11.4. The lowest BCUT2D eigenvalue weighted by Crippen LogP contribution is -2.22. The van der Waals surface area contributed by atoms with E-state index >= 15 is 0 Å². The van der Waals surface area contributed by atoms with Crippen LogP contribution in [0.2, 0.25) is 0 Å². The Labute approximate surface area is 122 Å². The molecule has 1 N–H and O–H groups in total. The quantitative estimate of drug-likeness (QED) is 0.669. The monoisotopic (exact) mass is 281 g/mol. The van der Waals surface area contributed by atoms with Crippen LogP contribution >= 0.6 is 0 Å². The van der Waals surface area contributed by atoms with Crippen molar-refractivity contribution in [1.29, 1.82) is 0 Å². The average molecular weight is 281 g/mol. The number of nitrogens with one attached hydrogen (secondary N) is 1. The second kappa shape index (κ2) is 9.61. The van der Waals surface area contributed by atoms with E-state index in [1.807, 2.05) is 26.0 Å². The Hall–Kier alpha value is -1.26. The first kappa shape index (κ1) is 16.8. The third-order valence-corrected chi connectivity index (χ3v) is 2.74. The highest BCUT2D eigenvalue weighted by molar-refractivity contribution is 5.46. The van der Waals surface area contributed by atoms with Gasteiger partial charge in [0.05, 0.1) is 13.2 Å². The van der Waals surface area contributed by atoms with Crippen molar-refractivity contribution in [2.75, 3.05) is 26.4 Å². The number of ether oxygens (including phenoxy) is 3. The molecular formula is C16H27NO3. The zero-order valence-electron chi connectivity index (χ0n) is 13.1. The largest absolute Gasteiger partial charge is 0.490 e. The maximum Gasteiger partial charge on any atom is 0.165 e. The molecule has 0 aromatic heterocycles. The molecule has 0 spiro atoms. The first-order valence-electron chi connectivity index (χ1n) is 7.37. The van der Waals surface area contributed by atoms with E-state index in [0.717, 1.165) is 23.6 Å². The SMILES string of the molecule is CCOCCOc1c(CNC(C)C)cccc1OCC. The summed E-state index contributed by atoms with van der Waals surface area (Å²) in [6, 6.07) is 6.44. The molecule has 20 heavy (non-hydrogen) atoms. The van der Waals surface area contributed by atoms with E-state index in [9.17, 15) is 0 Å². The summed E-state index contributed by atoms with van der Waals surface area (Å²) in [6.07, 6.45) is 0. The molecule has 0 unspecified atom stereocenters. The van der Waals surface area contributed by atoms with Gasteiger partial charge in [-0.2, -0.15) is 0 Å². The van der Waals surface area contributed by atoms with Gasteiger partial charge in [-0.3, -0.25) is 0 Å². The third-order valence-electron chi connectivity index (χ3n) is 2.74. The summed E-state index contributed by atoms with van der Waals surface area (Å²) >= 11 is 0.